The molecule has 0 nitrogen and oxygen atoms in total. The Morgan fingerprint density at radius 3 is 0.490 bits per heavy atom. The monoisotopic (exact) mass is 875 g/mol. The molecule has 0 atom stereocenters. The molecule has 51 heavy (non-hydrogen) atoms. The summed E-state index contributed by atoms with van der Waals surface area (Å²) < 4.78 is 0. The molecule has 0 amide bonds. The van der Waals surface area contributed by atoms with E-state index in [0.29, 0.717) is 0 Å². The fraction of sp³-hybridized carbons (Fsp3) is 0. The molecule has 0 fully saturated rings. The van der Waals surface area contributed by atoms with Crippen molar-refractivity contribution >= 4 is 47.7 Å². The Bertz CT molecular complexity index is 1570. The summed E-state index contributed by atoms with van der Waals surface area (Å²) in [6.45, 7) is 0. The molecule has 0 radical (unpaired) electrons. The predicted octanol–water partition coefficient (Wildman–Crippen LogP) is 9.33. The van der Waals surface area contributed by atoms with Crippen LogP contribution in [-0.2, 0) is 21.1 Å². The first-order valence-corrected chi connectivity index (χ1v) is 19.8. The second-order valence-corrected chi connectivity index (χ2v) is 16.1. The zero-order valence-corrected chi connectivity index (χ0v) is 32.7. The first kappa shape index (κ1) is 39.1. The van der Waals surface area contributed by atoms with Gasteiger partial charge in [0.05, 0.1) is 15.8 Å². The van der Waals surface area contributed by atoms with Gasteiger partial charge in [0.2, 0.25) is 0 Å². The van der Waals surface area contributed by atoms with Gasteiger partial charge in [-0.3, -0.25) is 0 Å². The Hall–Kier alpha value is -4.69. The van der Waals surface area contributed by atoms with Gasteiger partial charge in [0.15, 0.2) is 0 Å². The molecule has 0 spiro atoms. The topological polar surface area (TPSA) is 0 Å². The normalized spacial score (nSPS) is 9.76. The van der Waals surface area contributed by atoms with Crippen molar-refractivity contribution in [3.63, 3.8) is 0 Å². The van der Waals surface area contributed by atoms with Gasteiger partial charge < -0.3 is 0 Å². The predicted molar refractivity (Wildman–Crippen MR) is 224 cm³/mol. The average Bonchev–Trinajstić information content (AvgIpc) is 3.23. The van der Waals surface area contributed by atoms with Crippen molar-refractivity contribution in [3.05, 3.63) is 255 Å². The van der Waals surface area contributed by atoms with E-state index in [4.69, 9.17) is 0 Å². The summed E-state index contributed by atoms with van der Waals surface area (Å²) in [7, 11) is -1.75. The third-order valence-corrected chi connectivity index (χ3v) is 13.1. The minimum absolute atomic E-state index is 0. The molecule has 8 aromatic rings. The summed E-state index contributed by atoms with van der Waals surface area (Å²) in [5.41, 5.74) is 0. The molecular formula is C48H42P2Pt+2. The van der Waals surface area contributed by atoms with Crippen LogP contribution >= 0.6 is 15.8 Å². The van der Waals surface area contributed by atoms with Gasteiger partial charge in [-0.25, -0.2) is 0 Å². The summed E-state index contributed by atoms with van der Waals surface area (Å²) in [6.07, 6.45) is 0. The average molecular weight is 876 g/mol. The zero-order chi connectivity index (χ0) is 34.3. The fourth-order valence-corrected chi connectivity index (χ4v) is 10.5. The maximum Gasteiger partial charge on any atom is 2.00 e. The molecule has 0 aliphatic heterocycles. The molecule has 0 saturated heterocycles. The fourth-order valence-electron chi connectivity index (χ4n) is 5.31. The van der Waals surface area contributed by atoms with Gasteiger partial charge in [0.25, 0.3) is 0 Å². The molecule has 0 aromatic heterocycles. The molecule has 8 aromatic carbocycles. The molecule has 0 aliphatic rings. The van der Waals surface area contributed by atoms with Crippen LogP contribution in [0, 0.1) is 12.1 Å². The first-order chi connectivity index (χ1) is 24.9. The smallest absolute Gasteiger partial charge is 0.184 e. The Kier molecular flexibility index (Phi) is 18.1. The van der Waals surface area contributed by atoms with E-state index in [1.165, 1.54) is 31.8 Å². The maximum atomic E-state index is 2.89. The van der Waals surface area contributed by atoms with Crippen molar-refractivity contribution < 1.29 is 21.1 Å². The number of hydrogen-bond acceptors (Lipinski definition) is 0. The van der Waals surface area contributed by atoms with E-state index >= 15 is 0 Å². The van der Waals surface area contributed by atoms with Crippen molar-refractivity contribution in [1.82, 2.24) is 0 Å². The van der Waals surface area contributed by atoms with Gasteiger partial charge in [-0.05, 0) is 72.8 Å². The van der Waals surface area contributed by atoms with Crippen LogP contribution in [0.1, 0.15) is 0 Å². The quantitative estimate of drug-likeness (QED) is 0.116. The van der Waals surface area contributed by atoms with Gasteiger partial charge in [-0.15, -0.1) is 0 Å². The standard InChI is InChI=1S/2C18H15P.2C6H5.Pt/c2*1-4-10-16(11-5-1)19(17-12-6-2-7-13-17)18-14-8-3-9-15-18;2*1-2-4-6-5-3-1;/h2*1-15H;2*1-5H;/q;;2*-1;+2/p+2. The van der Waals surface area contributed by atoms with Crippen LogP contribution in [0.2, 0.25) is 0 Å². The molecule has 0 bridgehead atoms. The van der Waals surface area contributed by atoms with Crippen LogP contribution < -0.4 is 31.8 Å². The Morgan fingerprint density at radius 1 is 0.216 bits per heavy atom. The third kappa shape index (κ3) is 13.5. The maximum absolute atomic E-state index is 2.89. The van der Waals surface area contributed by atoms with E-state index in [1.54, 1.807) is 0 Å². The molecule has 0 N–H and O–H groups in total. The van der Waals surface area contributed by atoms with Gasteiger partial charge in [0, 0.05) is 0 Å². The number of hydrogen-bond donors (Lipinski definition) is 0. The molecule has 0 aliphatic carbocycles. The van der Waals surface area contributed by atoms with Crippen molar-refractivity contribution in [2.75, 3.05) is 0 Å². The summed E-state index contributed by atoms with van der Waals surface area (Å²) in [4.78, 5) is 0. The SMILES string of the molecule is [Pt+2].[c-]1ccccc1.[c-]1ccccc1.c1ccc([PH+](c2ccccc2)c2ccccc2)cc1.c1ccc([PH+](c2ccccc2)c2ccccc2)cc1. The molecule has 3 heteroatoms. The second kappa shape index (κ2) is 23.7. The largest absolute Gasteiger partial charge is 2.00 e. The van der Waals surface area contributed by atoms with E-state index < -0.39 is 15.8 Å². The Labute approximate surface area is 321 Å². The van der Waals surface area contributed by atoms with Crippen molar-refractivity contribution in [2.45, 2.75) is 0 Å². The first-order valence-electron chi connectivity index (χ1n) is 16.8. The van der Waals surface area contributed by atoms with Gasteiger partial charge in [-0.2, -0.15) is 72.8 Å². The summed E-state index contributed by atoms with van der Waals surface area (Å²) >= 11 is 0. The number of benzene rings is 8. The Balaban J connectivity index is 0.000000171. The molecule has 0 unspecified atom stereocenters. The minimum atomic E-state index is -0.877. The summed E-state index contributed by atoms with van der Waals surface area (Å²) in [6, 6.07) is 90.0. The molecule has 0 saturated carbocycles. The van der Waals surface area contributed by atoms with Crippen LogP contribution in [0.4, 0.5) is 0 Å². The Morgan fingerprint density at radius 2 is 0.373 bits per heavy atom. The van der Waals surface area contributed by atoms with Crippen molar-refractivity contribution in [3.8, 4) is 0 Å². The number of rotatable bonds is 6. The van der Waals surface area contributed by atoms with Crippen molar-refractivity contribution in [2.24, 2.45) is 0 Å². The van der Waals surface area contributed by atoms with E-state index in [9.17, 15) is 0 Å². The summed E-state index contributed by atoms with van der Waals surface area (Å²) in [5, 5.41) is 8.61. The van der Waals surface area contributed by atoms with Crippen LogP contribution in [0.3, 0.4) is 0 Å². The molecular weight excluding hydrogens is 834 g/mol. The minimum Gasteiger partial charge on any atom is -0.184 e. The van der Waals surface area contributed by atoms with E-state index in [0.717, 1.165) is 0 Å². The van der Waals surface area contributed by atoms with E-state index in [-0.39, 0.29) is 21.1 Å². The summed E-state index contributed by atoms with van der Waals surface area (Å²) in [5.74, 6) is 0. The van der Waals surface area contributed by atoms with E-state index in [2.05, 4.69) is 194 Å². The van der Waals surface area contributed by atoms with Gasteiger partial charge in [0.1, 0.15) is 31.8 Å². The van der Waals surface area contributed by atoms with Gasteiger partial charge in [-0.1, -0.05) is 109 Å². The van der Waals surface area contributed by atoms with Crippen LogP contribution in [0.5, 0.6) is 0 Å². The van der Waals surface area contributed by atoms with E-state index in [1.807, 2.05) is 60.7 Å². The van der Waals surface area contributed by atoms with Crippen molar-refractivity contribution in [1.29, 1.82) is 0 Å². The van der Waals surface area contributed by atoms with Crippen LogP contribution in [-0.4, -0.2) is 0 Å². The molecule has 8 rings (SSSR count). The molecule has 252 valence electrons. The van der Waals surface area contributed by atoms with Crippen LogP contribution in [0.15, 0.2) is 243 Å². The zero-order valence-electron chi connectivity index (χ0n) is 28.4. The van der Waals surface area contributed by atoms with Crippen LogP contribution in [0.25, 0.3) is 0 Å². The third-order valence-electron chi connectivity index (χ3n) is 7.59. The van der Waals surface area contributed by atoms with Gasteiger partial charge >= 0.3 is 21.1 Å². The second-order valence-electron chi connectivity index (χ2n) is 11.1. The molecule has 0 heterocycles.